The van der Waals surface area contributed by atoms with Crippen LogP contribution in [0.1, 0.15) is 21.5 Å². The Morgan fingerprint density at radius 3 is 2.57 bits per heavy atom. The SMILES string of the molecule is Cc1cc2c(-c3ccccc3C=O)c3cc(S)c(=O)c(N)c-3oc2c(C)c1O. The van der Waals surface area contributed by atoms with Crippen molar-refractivity contribution >= 4 is 35.6 Å². The van der Waals surface area contributed by atoms with E-state index in [0.29, 0.717) is 44.3 Å². The molecule has 0 saturated carbocycles. The fraction of sp³-hybridized carbons (Fsp3) is 0.0909. The Hall–Kier alpha value is -3.25. The van der Waals surface area contributed by atoms with Crippen LogP contribution in [0.4, 0.5) is 5.69 Å². The van der Waals surface area contributed by atoms with Crippen LogP contribution in [0.25, 0.3) is 33.4 Å². The van der Waals surface area contributed by atoms with Crippen LogP contribution in [0.2, 0.25) is 0 Å². The number of hydrogen-bond donors (Lipinski definition) is 3. The molecule has 140 valence electrons. The molecule has 0 fully saturated rings. The lowest BCUT2D eigenvalue weighted by atomic mass is 9.89. The Morgan fingerprint density at radius 2 is 1.86 bits per heavy atom. The van der Waals surface area contributed by atoms with Crippen molar-refractivity contribution in [1.29, 1.82) is 0 Å². The van der Waals surface area contributed by atoms with Gasteiger partial charge in [-0.2, -0.15) is 0 Å². The summed E-state index contributed by atoms with van der Waals surface area (Å²) in [5.41, 5.74) is 9.63. The number of carbonyl (C=O) groups excluding carboxylic acids is 1. The zero-order valence-corrected chi connectivity index (χ0v) is 16.1. The molecule has 0 radical (unpaired) electrons. The first-order chi connectivity index (χ1) is 13.3. The van der Waals surface area contributed by atoms with Gasteiger partial charge in [-0.3, -0.25) is 9.59 Å². The first kappa shape index (κ1) is 18.1. The number of phenols is 1. The monoisotopic (exact) mass is 391 g/mol. The molecule has 1 heterocycles. The van der Waals surface area contributed by atoms with Crippen LogP contribution in [0.3, 0.4) is 0 Å². The largest absolute Gasteiger partial charge is 0.507 e. The van der Waals surface area contributed by atoms with Gasteiger partial charge in [0, 0.05) is 27.6 Å². The predicted octanol–water partition coefficient (Wildman–Crippen LogP) is 4.57. The topological polar surface area (TPSA) is 93.5 Å². The van der Waals surface area contributed by atoms with Crippen LogP contribution in [0.15, 0.2) is 50.5 Å². The Bertz CT molecular complexity index is 1310. The second-order valence-electron chi connectivity index (χ2n) is 6.74. The lowest BCUT2D eigenvalue weighted by molar-refractivity contribution is 0.112. The van der Waals surface area contributed by atoms with Crippen LogP contribution in [-0.2, 0) is 0 Å². The molecule has 0 unspecified atom stereocenters. The molecule has 0 amide bonds. The van der Waals surface area contributed by atoms with Gasteiger partial charge in [0.2, 0.25) is 5.43 Å². The van der Waals surface area contributed by atoms with E-state index in [2.05, 4.69) is 12.6 Å². The molecule has 0 saturated heterocycles. The van der Waals surface area contributed by atoms with E-state index in [-0.39, 0.29) is 22.1 Å². The zero-order valence-electron chi connectivity index (χ0n) is 15.2. The second kappa shape index (κ2) is 6.42. The van der Waals surface area contributed by atoms with Crippen molar-refractivity contribution in [2.24, 2.45) is 0 Å². The van der Waals surface area contributed by atoms with Crippen LogP contribution >= 0.6 is 12.6 Å². The van der Waals surface area contributed by atoms with E-state index in [0.717, 1.165) is 6.29 Å². The smallest absolute Gasteiger partial charge is 0.218 e. The number of nitrogen functional groups attached to an aromatic ring is 1. The number of anilines is 1. The quantitative estimate of drug-likeness (QED) is 0.201. The van der Waals surface area contributed by atoms with Crippen LogP contribution in [0.5, 0.6) is 5.75 Å². The number of aldehydes is 1. The molecule has 28 heavy (non-hydrogen) atoms. The lowest BCUT2D eigenvalue weighted by Crippen LogP contribution is -2.12. The number of aryl methyl sites for hydroxylation is 2. The number of carbonyl (C=O) groups is 1. The molecule has 1 aliphatic heterocycles. The summed E-state index contributed by atoms with van der Waals surface area (Å²) in [7, 11) is 0. The Labute approximate surface area is 166 Å². The number of fused-ring (bicyclic) bond motifs is 2. The third-order valence-corrected chi connectivity index (χ3v) is 5.35. The third kappa shape index (κ3) is 2.49. The molecule has 2 aliphatic rings. The highest BCUT2D eigenvalue weighted by molar-refractivity contribution is 7.80. The molecule has 2 aromatic carbocycles. The minimum absolute atomic E-state index is 0.0614. The molecule has 5 nitrogen and oxygen atoms in total. The molecular weight excluding hydrogens is 374 g/mol. The minimum Gasteiger partial charge on any atom is -0.507 e. The number of phenolic OH excluding ortho intramolecular Hbond substituents is 1. The average Bonchev–Trinajstić information content (AvgIpc) is 2.70. The summed E-state index contributed by atoms with van der Waals surface area (Å²) in [5.74, 6) is 0.314. The van der Waals surface area contributed by atoms with Gasteiger partial charge in [-0.15, -0.1) is 12.6 Å². The second-order valence-corrected chi connectivity index (χ2v) is 7.22. The van der Waals surface area contributed by atoms with E-state index in [1.165, 1.54) is 0 Å². The van der Waals surface area contributed by atoms with E-state index < -0.39 is 5.43 Å². The fourth-order valence-corrected chi connectivity index (χ4v) is 3.84. The summed E-state index contributed by atoms with van der Waals surface area (Å²) >= 11 is 4.26. The number of nitrogens with two attached hydrogens (primary N) is 1. The number of thiol groups is 1. The standard InChI is InChI=1S/C22H17NO4S/c1-10-7-14-17(13-6-4-3-5-12(13)9-24)15-8-16(28)20(26)18(23)22(15)27-21(14)11(2)19(10)25/h3-9,25,28H,23H2,1-2H3. The lowest BCUT2D eigenvalue weighted by Gasteiger charge is -2.20. The molecule has 0 spiro atoms. The maximum absolute atomic E-state index is 12.3. The van der Waals surface area contributed by atoms with Gasteiger partial charge in [0.25, 0.3) is 0 Å². The van der Waals surface area contributed by atoms with E-state index in [9.17, 15) is 14.7 Å². The fourth-order valence-electron chi connectivity index (χ4n) is 3.59. The van der Waals surface area contributed by atoms with E-state index in [1.54, 1.807) is 38.1 Å². The summed E-state index contributed by atoms with van der Waals surface area (Å²) in [6.07, 6.45) is 0.782. The molecular formula is C22H17NO4S. The minimum atomic E-state index is -0.428. The van der Waals surface area contributed by atoms with Crippen molar-refractivity contribution in [3.8, 4) is 28.2 Å². The summed E-state index contributed by atoms with van der Waals surface area (Å²) in [6, 6.07) is 10.6. The van der Waals surface area contributed by atoms with E-state index in [1.807, 2.05) is 12.1 Å². The van der Waals surface area contributed by atoms with E-state index in [4.69, 9.17) is 10.2 Å². The van der Waals surface area contributed by atoms with Crippen LogP contribution in [0, 0.1) is 13.8 Å². The first-order valence-electron chi connectivity index (χ1n) is 8.60. The molecule has 0 aromatic heterocycles. The first-order valence-corrected chi connectivity index (χ1v) is 9.05. The summed E-state index contributed by atoms with van der Waals surface area (Å²) in [4.78, 5) is 24.2. The normalized spacial score (nSPS) is 11.2. The summed E-state index contributed by atoms with van der Waals surface area (Å²) < 4.78 is 6.01. The molecule has 2 aromatic rings. The van der Waals surface area contributed by atoms with Crippen molar-refractivity contribution in [3.05, 3.63) is 63.3 Å². The van der Waals surface area contributed by atoms with Gasteiger partial charge in [-0.1, -0.05) is 24.3 Å². The number of rotatable bonds is 2. The highest BCUT2D eigenvalue weighted by Crippen LogP contribution is 2.46. The van der Waals surface area contributed by atoms with Gasteiger partial charge in [-0.05, 0) is 37.1 Å². The molecule has 6 heteroatoms. The average molecular weight is 391 g/mol. The molecule has 4 rings (SSSR count). The Morgan fingerprint density at radius 1 is 1.14 bits per heavy atom. The van der Waals surface area contributed by atoms with Crippen molar-refractivity contribution in [3.63, 3.8) is 0 Å². The molecule has 1 aliphatic carbocycles. The van der Waals surface area contributed by atoms with Crippen molar-refractivity contribution in [2.75, 3.05) is 5.73 Å². The van der Waals surface area contributed by atoms with Crippen molar-refractivity contribution < 1.29 is 14.3 Å². The maximum atomic E-state index is 12.3. The van der Waals surface area contributed by atoms with Crippen molar-refractivity contribution in [2.45, 2.75) is 18.7 Å². The van der Waals surface area contributed by atoms with Gasteiger partial charge < -0.3 is 15.3 Å². The van der Waals surface area contributed by atoms with Gasteiger partial charge >= 0.3 is 0 Å². The van der Waals surface area contributed by atoms with Crippen LogP contribution in [-0.4, -0.2) is 11.4 Å². The van der Waals surface area contributed by atoms with Crippen molar-refractivity contribution in [1.82, 2.24) is 0 Å². The third-order valence-electron chi connectivity index (χ3n) is 5.02. The Balaban J connectivity index is 2.35. The molecule has 0 atom stereocenters. The number of hydrogen-bond acceptors (Lipinski definition) is 6. The molecule has 0 bridgehead atoms. The molecule has 3 N–H and O–H groups in total. The Kier molecular flexibility index (Phi) is 4.16. The zero-order chi connectivity index (χ0) is 20.2. The van der Waals surface area contributed by atoms with Gasteiger partial charge in [0.1, 0.15) is 17.0 Å². The number of aromatic hydroxyl groups is 1. The summed E-state index contributed by atoms with van der Waals surface area (Å²) in [5, 5.41) is 11.1. The summed E-state index contributed by atoms with van der Waals surface area (Å²) in [6.45, 7) is 3.53. The highest BCUT2D eigenvalue weighted by atomic mass is 32.1. The van der Waals surface area contributed by atoms with Gasteiger partial charge in [0.15, 0.2) is 12.0 Å². The maximum Gasteiger partial charge on any atom is 0.218 e. The van der Waals surface area contributed by atoms with E-state index >= 15 is 0 Å². The van der Waals surface area contributed by atoms with Gasteiger partial charge in [-0.25, -0.2) is 0 Å². The predicted molar refractivity (Wildman–Crippen MR) is 113 cm³/mol. The van der Waals surface area contributed by atoms with Crippen LogP contribution < -0.4 is 11.2 Å². The van der Waals surface area contributed by atoms with Gasteiger partial charge in [0.05, 0.1) is 4.90 Å². The number of benzene rings is 3. The highest BCUT2D eigenvalue weighted by Gasteiger charge is 2.25.